The number of rotatable bonds is 5. The van der Waals surface area contributed by atoms with Crippen molar-refractivity contribution < 1.29 is 8.83 Å². The van der Waals surface area contributed by atoms with Gasteiger partial charge in [-0.25, -0.2) is 0 Å². The van der Waals surface area contributed by atoms with Gasteiger partial charge in [-0.05, 0) is 92.3 Å². The maximum atomic E-state index is 7.13. The van der Waals surface area contributed by atoms with Crippen molar-refractivity contribution in [2.45, 2.75) is 0 Å². The largest absolute Gasteiger partial charge is 0.456 e. The predicted molar refractivity (Wildman–Crippen MR) is 222 cm³/mol. The van der Waals surface area contributed by atoms with Crippen molar-refractivity contribution in [3.05, 3.63) is 188 Å². The molecule has 2 heterocycles. The van der Waals surface area contributed by atoms with E-state index in [2.05, 4.69) is 181 Å². The molecule has 0 atom stereocenters. The zero-order chi connectivity index (χ0) is 34.9. The Hall–Kier alpha value is -7.10. The third kappa shape index (κ3) is 4.68. The van der Waals surface area contributed by atoms with Crippen LogP contribution in [-0.2, 0) is 0 Å². The standard InChI is InChI=1S/C50H31NO2/c1-2-11-32(12-3-1)33-21-25-37(26-22-33)51(38-27-23-35(24-28-38)40-19-10-15-34-13-4-6-16-39(34)40)44-31-36-14-5-7-17-41(36)47-43-29-30-46-48(49(43)53-50(44)47)42-18-8-9-20-45(42)52-46/h1-31H. The Labute approximate surface area is 305 Å². The lowest BCUT2D eigenvalue weighted by atomic mass is 9.97. The fourth-order valence-electron chi connectivity index (χ4n) is 8.17. The Kier molecular flexibility index (Phi) is 6.55. The van der Waals surface area contributed by atoms with Crippen LogP contribution in [0.2, 0.25) is 0 Å². The lowest BCUT2D eigenvalue weighted by Gasteiger charge is -2.26. The van der Waals surface area contributed by atoms with Gasteiger partial charge in [0.25, 0.3) is 0 Å². The van der Waals surface area contributed by atoms with Crippen molar-refractivity contribution >= 4 is 82.5 Å². The molecule has 0 radical (unpaired) electrons. The van der Waals surface area contributed by atoms with Crippen LogP contribution >= 0.6 is 0 Å². The van der Waals surface area contributed by atoms with E-state index in [9.17, 15) is 0 Å². The van der Waals surface area contributed by atoms with E-state index in [4.69, 9.17) is 8.83 Å². The van der Waals surface area contributed by atoms with Crippen LogP contribution in [0.15, 0.2) is 197 Å². The lowest BCUT2D eigenvalue weighted by molar-refractivity contribution is 0.663. The van der Waals surface area contributed by atoms with E-state index >= 15 is 0 Å². The number of anilines is 3. The zero-order valence-electron chi connectivity index (χ0n) is 28.7. The maximum absolute atomic E-state index is 7.13. The summed E-state index contributed by atoms with van der Waals surface area (Å²) in [6, 6.07) is 66.7. The van der Waals surface area contributed by atoms with E-state index in [1.54, 1.807) is 0 Å². The van der Waals surface area contributed by atoms with Gasteiger partial charge >= 0.3 is 0 Å². The molecule has 53 heavy (non-hydrogen) atoms. The van der Waals surface area contributed by atoms with Crippen molar-refractivity contribution in [3.8, 4) is 22.3 Å². The molecule has 3 heteroatoms. The second-order valence-corrected chi connectivity index (χ2v) is 13.7. The summed E-state index contributed by atoms with van der Waals surface area (Å²) < 4.78 is 13.4. The number of benzene rings is 9. The van der Waals surface area contributed by atoms with Gasteiger partial charge in [0.05, 0.1) is 11.1 Å². The van der Waals surface area contributed by atoms with E-state index in [-0.39, 0.29) is 0 Å². The van der Waals surface area contributed by atoms with Crippen molar-refractivity contribution in [3.63, 3.8) is 0 Å². The van der Waals surface area contributed by atoms with Crippen LogP contribution in [0.1, 0.15) is 0 Å². The molecule has 3 nitrogen and oxygen atoms in total. The average molecular weight is 678 g/mol. The quantitative estimate of drug-likeness (QED) is 0.182. The van der Waals surface area contributed by atoms with Crippen LogP contribution in [0.25, 0.3) is 87.7 Å². The molecule has 0 bridgehead atoms. The van der Waals surface area contributed by atoms with E-state index in [0.717, 1.165) is 71.7 Å². The summed E-state index contributed by atoms with van der Waals surface area (Å²) in [6.45, 7) is 0. The lowest BCUT2D eigenvalue weighted by Crippen LogP contribution is -2.10. The number of hydrogen-bond acceptors (Lipinski definition) is 3. The second-order valence-electron chi connectivity index (χ2n) is 13.7. The Bertz CT molecular complexity index is 3150. The topological polar surface area (TPSA) is 29.5 Å². The summed E-state index contributed by atoms with van der Waals surface area (Å²) in [5.74, 6) is 0. The first-order chi connectivity index (χ1) is 26.3. The summed E-state index contributed by atoms with van der Waals surface area (Å²) in [4.78, 5) is 2.34. The third-order valence-electron chi connectivity index (χ3n) is 10.7. The van der Waals surface area contributed by atoms with Crippen molar-refractivity contribution in [1.29, 1.82) is 0 Å². The van der Waals surface area contributed by atoms with Gasteiger partial charge in [-0.15, -0.1) is 0 Å². The number of hydrogen-bond donors (Lipinski definition) is 0. The molecule has 0 fully saturated rings. The molecule has 0 aliphatic rings. The first-order valence-corrected chi connectivity index (χ1v) is 18.0. The van der Waals surface area contributed by atoms with E-state index in [0.29, 0.717) is 0 Å². The molecule has 0 N–H and O–H groups in total. The minimum atomic E-state index is 0.820. The number of furan rings is 2. The minimum absolute atomic E-state index is 0.820. The maximum Gasteiger partial charge on any atom is 0.160 e. The van der Waals surface area contributed by atoms with Crippen LogP contribution < -0.4 is 4.90 Å². The van der Waals surface area contributed by atoms with Crippen LogP contribution in [-0.4, -0.2) is 0 Å². The van der Waals surface area contributed by atoms with Crippen LogP contribution in [0.5, 0.6) is 0 Å². The smallest absolute Gasteiger partial charge is 0.160 e. The van der Waals surface area contributed by atoms with Gasteiger partial charge < -0.3 is 13.7 Å². The molecule has 11 rings (SSSR count). The molecule has 11 aromatic rings. The van der Waals surface area contributed by atoms with E-state index in [1.807, 2.05) is 12.1 Å². The van der Waals surface area contributed by atoms with Gasteiger partial charge in [-0.3, -0.25) is 0 Å². The van der Waals surface area contributed by atoms with Gasteiger partial charge in [-0.2, -0.15) is 0 Å². The first kappa shape index (κ1) is 29.6. The summed E-state index contributed by atoms with van der Waals surface area (Å²) >= 11 is 0. The summed E-state index contributed by atoms with van der Waals surface area (Å²) in [5.41, 5.74) is 11.1. The molecule has 0 aliphatic carbocycles. The fraction of sp³-hybridized carbons (Fsp3) is 0. The SMILES string of the molecule is c1ccc(-c2ccc(N(c3ccc(-c4cccc5ccccc45)cc3)c3cc4ccccc4c4c3oc3c4ccc4oc5ccccc5c43)cc2)cc1. The van der Waals surface area contributed by atoms with E-state index in [1.165, 1.54) is 33.0 Å². The molecule has 0 aliphatic heterocycles. The molecule has 0 saturated carbocycles. The summed E-state index contributed by atoms with van der Waals surface area (Å²) in [5, 5.41) is 9.00. The summed E-state index contributed by atoms with van der Waals surface area (Å²) in [7, 11) is 0. The highest BCUT2D eigenvalue weighted by atomic mass is 16.3. The van der Waals surface area contributed by atoms with Gasteiger partial charge in [0.2, 0.25) is 0 Å². The predicted octanol–water partition coefficient (Wildman–Crippen LogP) is 14.6. The number of nitrogens with zero attached hydrogens (tertiary/aromatic N) is 1. The van der Waals surface area contributed by atoms with Gasteiger partial charge in [-0.1, -0.05) is 140 Å². The van der Waals surface area contributed by atoms with Crippen LogP contribution in [0, 0.1) is 0 Å². The van der Waals surface area contributed by atoms with Crippen molar-refractivity contribution in [1.82, 2.24) is 0 Å². The van der Waals surface area contributed by atoms with Gasteiger partial charge in [0.15, 0.2) is 5.58 Å². The monoisotopic (exact) mass is 677 g/mol. The molecular weight excluding hydrogens is 647 g/mol. The Morgan fingerprint density at radius 2 is 0.962 bits per heavy atom. The minimum Gasteiger partial charge on any atom is -0.456 e. The molecule has 0 spiro atoms. The average Bonchev–Trinajstić information content (AvgIpc) is 3.81. The highest BCUT2D eigenvalue weighted by Gasteiger charge is 2.24. The van der Waals surface area contributed by atoms with Crippen LogP contribution in [0.4, 0.5) is 17.1 Å². The number of para-hydroxylation sites is 1. The van der Waals surface area contributed by atoms with E-state index < -0.39 is 0 Å². The highest BCUT2D eigenvalue weighted by Crippen LogP contribution is 2.48. The molecule has 0 unspecified atom stereocenters. The molecule has 0 saturated heterocycles. The first-order valence-electron chi connectivity index (χ1n) is 18.0. The summed E-state index contributed by atoms with van der Waals surface area (Å²) in [6.07, 6.45) is 0. The molecule has 248 valence electrons. The van der Waals surface area contributed by atoms with Gasteiger partial charge in [0.1, 0.15) is 16.7 Å². The Balaban J connectivity index is 1.17. The highest BCUT2D eigenvalue weighted by molar-refractivity contribution is 6.28. The molecule has 0 amide bonds. The molecule has 9 aromatic carbocycles. The fourth-order valence-corrected chi connectivity index (χ4v) is 8.17. The Morgan fingerprint density at radius 1 is 0.340 bits per heavy atom. The number of fused-ring (bicyclic) bond motifs is 10. The Morgan fingerprint density at radius 3 is 1.75 bits per heavy atom. The van der Waals surface area contributed by atoms with Crippen LogP contribution in [0.3, 0.4) is 0 Å². The molecular formula is C50H31NO2. The second kappa shape index (κ2) is 11.7. The van der Waals surface area contributed by atoms with Crippen molar-refractivity contribution in [2.75, 3.05) is 4.90 Å². The van der Waals surface area contributed by atoms with Crippen molar-refractivity contribution in [2.24, 2.45) is 0 Å². The third-order valence-corrected chi connectivity index (χ3v) is 10.7. The molecule has 2 aromatic heterocycles. The normalized spacial score (nSPS) is 11.8. The zero-order valence-corrected chi connectivity index (χ0v) is 28.7. The van der Waals surface area contributed by atoms with Gasteiger partial charge in [0, 0.05) is 27.5 Å².